The summed E-state index contributed by atoms with van der Waals surface area (Å²) in [7, 11) is 5.57. The van der Waals surface area contributed by atoms with Crippen LogP contribution in [0.25, 0.3) is 0 Å². The average Bonchev–Trinajstić information content (AvgIpc) is 2.22. The Morgan fingerprint density at radius 1 is 1.35 bits per heavy atom. The lowest BCUT2D eigenvalue weighted by Gasteiger charge is -2.30. The number of hydrogen-bond acceptors (Lipinski definition) is 4. The van der Waals surface area contributed by atoms with Gasteiger partial charge in [-0.2, -0.15) is 0 Å². The molecule has 0 aliphatic heterocycles. The molecule has 4 heteroatoms. The van der Waals surface area contributed by atoms with Crippen LogP contribution in [0.4, 0.5) is 0 Å². The minimum atomic E-state index is -0.560. The van der Waals surface area contributed by atoms with Crippen LogP contribution in [0.15, 0.2) is 0 Å². The molecule has 0 bridgehead atoms. The lowest BCUT2D eigenvalue weighted by atomic mass is 9.94. The predicted octanol–water partition coefficient (Wildman–Crippen LogP) is 1.65. The Kier molecular flexibility index (Phi) is 7.39. The Balaban J connectivity index is 4.24. The van der Waals surface area contributed by atoms with Gasteiger partial charge in [-0.1, -0.05) is 0 Å². The second kappa shape index (κ2) is 7.67. The third-order valence-corrected chi connectivity index (χ3v) is 2.78. The fourth-order valence-electron chi connectivity index (χ4n) is 2.00. The first-order chi connectivity index (χ1) is 7.81. The molecule has 0 heterocycles. The maximum absolute atomic E-state index is 11.8. The zero-order chi connectivity index (χ0) is 13.5. The molecule has 0 aliphatic carbocycles. The Bertz CT molecular complexity index is 229. The van der Waals surface area contributed by atoms with Crippen molar-refractivity contribution in [2.45, 2.75) is 51.6 Å². The van der Waals surface area contributed by atoms with E-state index in [0.29, 0.717) is 0 Å². The summed E-state index contributed by atoms with van der Waals surface area (Å²) in [4.78, 5) is 14.0. The molecule has 0 saturated carbocycles. The van der Waals surface area contributed by atoms with E-state index in [4.69, 9.17) is 4.74 Å². The van der Waals surface area contributed by atoms with Crippen molar-refractivity contribution in [3.05, 3.63) is 0 Å². The van der Waals surface area contributed by atoms with Gasteiger partial charge in [-0.15, -0.1) is 0 Å². The Morgan fingerprint density at radius 3 is 2.35 bits per heavy atom. The first-order valence-corrected chi connectivity index (χ1v) is 6.32. The monoisotopic (exact) mass is 244 g/mol. The van der Waals surface area contributed by atoms with Crippen molar-refractivity contribution in [3.8, 4) is 0 Å². The Labute approximate surface area is 106 Å². The Morgan fingerprint density at radius 2 is 1.94 bits per heavy atom. The molecule has 0 amide bonds. The van der Waals surface area contributed by atoms with E-state index in [1.54, 1.807) is 0 Å². The molecule has 0 aromatic carbocycles. The molecule has 102 valence electrons. The molecule has 0 rings (SSSR count). The van der Waals surface area contributed by atoms with Gasteiger partial charge >= 0.3 is 5.97 Å². The zero-order valence-electron chi connectivity index (χ0n) is 12.2. The van der Waals surface area contributed by atoms with Crippen molar-refractivity contribution >= 4 is 5.97 Å². The van der Waals surface area contributed by atoms with Crippen LogP contribution in [-0.2, 0) is 9.53 Å². The number of carbonyl (C=O) groups excluding carboxylic acids is 1. The van der Waals surface area contributed by atoms with Crippen LogP contribution in [-0.4, -0.2) is 50.2 Å². The number of rotatable bonds is 8. The average molecular weight is 244 g/mol. The molecule has 0 saturated heterocycles. The standard InChI is InChI=1S/C13H28N2O2/c1-11(2)14-13(3,12(16)17-6)9-7-8-10-15(4)5/h11,14H,7-10H2,1-6H3. The number of nitrogens with zero attached hydrogens (tertiary/aromatic N) is 1. The number of ether oxygens (including phenoxy) is 1. The molecule has 17 heavy (non-hydrogen) atoms. The molecular weight excluding hydrogens is 216 g/mol. The van der Waals surface area contributed by atoms with Crippen molar-refractivity contribution in [2.24, 2.45) is 0 Å². The highest BCUT2D eigenvalue weighted by molar-refractivity contribution is 5.80. The summed E-state index contributed by atoms with van der Waals surface area (Å²) in [6.07, 6.45) is 2.93. The van der Waals surface area contributed by atoms with E-state index in [0.717, 1.165) is 25.8 Å². The topological polar surface area (TPSA) is 41.6 Å². The van der Waals surface area contributed by atoms with Crippen LogP contribution >= 0.6 is 0 Å². The number of carbonyl (C=O) groups is 1. The van der Waals surface area contributed by atoms with Gasteiger partial charge in [0.05, 0.1) is 7.11 Å². The van der Waals surface area contributed by atoms with Crippen molar-refractivity contribution in [1.29, 1.82) is 0 Å². The lowest BCUT2D eigenvalue weighted by Crippen LogP contribution is -2.52. The maximum atomic E-state index is 11.8. The molecule has 0 aromatic rings. The third-order valence-electron chi connectivity index (χ3n) is 2.78. The van der Waals surface area contributed by atoms with E-state index in [-0.39, 0.29) is 12.0 Å². The van der Waals surface area contributed by atoms with Crippen LogP contribution in [0.1, 0.15) is 40.0 Å². The molecule has 0 radical (unpaired) electrons. The summed E-state index contributed by atoms with van der Waals surface area (Å²) in [5.41, 5.74) is -0.560. The lowest BCUT2D eigenvalue weighted by molar-refractivity contribution is -0.148. The first-order valence-electron chi connectivity index (χ1n) is 6.32. The van der Waals surface area contributed by atoms with Gasteiger partial charge in [0, 0.05) is 6.04 Å². The summed E-state index contributed by atoms with van der Waals surface area (Å²) in [6.45, 7) is 7.06. The minimum absolute atomic E-state index is 0.170. The smallest absolute Gasteiger partial charge is 0.325 e. The van der Waals surface area contributed by atoms with Gasteiger partial charge in [0.1, 0.15) is 5.54 Å². The van der Waals surface area contributed by atoms with E-state index in [1.165, 1.54) is 7.11 Å². The normalized spacial score (nSPS) is 15.1. The summed E-state index contributed by atoms with van der Waals surface area (Å²) in [5.74, 6) is -0.170. The predicted molar refractivity (Wildman–Crippen MR) is 71.1 cm³/mol. The van der Waals surface area contributed by atoms with Crippen molar-refractivity contribution in [3.63, 3.8) is 0 Å². The van der Waals surface area contributed by atoms with Crippen LogP contribution in [0.5, 0.6) is 0 Å². The van der Waals surface area contributed by atoms with Crippen LogP contribution in [0.2, 0.25) is 0 Å². The van der Waals surface area contributed by atoms with Crippen molar-refractivity contribution in [1.82, 2.24) is 10.2 Å². The van der Waals surface area contributed by atoms with Crippen molar-refractivity contribution < 1.29 is 9.53 Å². The van der Waals surface area contributed by atoms with Gasteiger partial charge in [-0.3, -0.25) is 10.1 Å². The molecule has 0 aromatic heterocycles. The second-order valence-corrected chi connectivity index (χ2v) is 5.38. The first kappa shape index (κ1) is 16.4. The van der Waals surface area contributed by atoms with Gasteiger partial charge < -0.3 is 9.64 Å². The molecule has 1 unspecified atom stereocenters. The van der Waals surface area contributed by atoms with E-state index in [9.17, 15) is 4.79 Å². The number of hydrogen-bond donors (Lipinski definition) is 1. The van der Waals surface area contributed by atoms with Crippen LogP contribution < -0.4 is 5.32 Å². The maximum Gasteiger partial charge on any atom is 0.325 e. The molecule has 0 aliphatic rings. The number of methoxy groups -OCH3 is 1. The van der Waals surface area contributed by atoms with Crippen LogP contribution in [0.3, 0.4) is 0 Å². The summed E-state index contributed by atoms with van der Waals surface area (Å²) < 4.78 is 4.88. The highest BCUT2D eigenvalue weighted by atomic mass is 16.5. The summed E-state index contributed by atoms with van der Waals surface area (Å²) in [5, 5.41) is 3.31. The van der Waals surface area contributed by atoms with Crippen molar-refractivity contribution in [2.75, 3.05) is 27.7 Å². The fraction of sp³-hybridized carbons (Fsp3) is 0.923. The highest BCUT2D eigenvalue weighted by Crippen LogP contribution is 2.17. The van der Waals surface area contributed by atoms with Gasteiger partial charge in [-0.25, -0.2) is 0 Å². The second-order valence-electron chi connectivity index (χ2n) is 5.38. The molecular formula is C13H28N2O2. The third kappa shape index (κ3) is 6.64. The quantitative estimate of drug-likeness (QED) is 0.521. The molecule has 1 atom stereocenters. The van der Waals surface area contributed by atoms with Gasteiger partial charge in [0.2, 0.25) is 0 Å². The SMILES string of the molecule is COC(=O)C(C)(CCCCN(C)C)NC(C)C. The minimum Gasteiger partial charge on any atom is -0.468 e. The fourth-order valence-corrected chi connectivity index (χ4v) is 2.00. The van der Waals surface area contributed by atoms with E-state index >= 15 is 0 Å². The zero-order valence-corrected chi connectivity index (χ0v) is 12.2. The molecule has 1 N–H and O–H groups in total. The van der Waals surface area contributed by atoms with Gasteiger partial charge in [-0.05, 0) is 60.7 Å². The van der Waals surface area contributed by atoms with E-state index in [2.05, 4.69) is 24.3 Å². The van der Waals surface area contributed by atoms with E-state index < -0.39 is 5.54 Å². The summed E-state index contributed by atoms with van der Waals surface area (Å²) in [6, 6.07) is 0.271. The van der Waals surface area contributed by atoms with E-state index in [1.807, 2.05) is 20.8 Å². The summed E-state index contributed by atoms with van der Waals surface area (Å²) >= 11 is 0. The number of nitrogens with one attached hydrogen (secondary N) is 1. The number of unbranched alkanes of at least 4 members (excludes halogenated alkanes) is 1. The van der Waals surface area contributed by atoms with Gasteiger partial charge in [0.15, 0.2) is 0 Å². The highest BCUT2D eigenvalue weighted by Gasteiger charge is 2.33. The largest absolute Gasteiger partial charge is 0.468 e. The molecule has 0 fully saturated rings. The molecule has 0 spiro atoms. The van der Waals surface area contributed by atoms with Gasteiger partial charge in [0.25, 0.3) is 0 Å². The number of esters is 1. The van der Waals surface area contributed by atoms with Crippen LogP contribution in [0, 0.1) is 0 Å². The molecule has 4 nitrogen and oxygen atoms in total. The Hall–Kier alpha value is -0.610.